The number of ether oxygens (including phenoxy) is 1. The van der Waals surface area contributed by atoms with Crippen molar-refractivity contribution in [3.8, 4) is 5.75 Å². The molecule has 0 aliphatic rings. The van der Waals surface area contributed by atoms with E-state index in [4.69, 9.17) is 16.3 Å². The van der Waals surface area contributed by atoms with E-state index in [1.165, 1.54) is 17.3 Å². The molecule has 32 heavy (non-hydrogen) atoms. The largest absolute Gasteiger partial charge is 0.483 e. The fourth-order valence-electron chi connectivity index (χ4n) is 3.32. The third-order valence-electron chi connectivity index (χ3n) is 5.15. The van der Waals surface area contributed by atoms with Crippen LogP contribution in [0.4, 0.5) is 5.69 Å². The van der Waals surface area contributed by atoms with E-state index in [0.717, 1.165) is 27.6 Å². The van der Waals surface area contributed by atoms with Crippen LogP contribution >= 0.6 is 23.4 Å². The van der Waals surface area contributed by atoms with Gasteiger partial charge in [0, 0.05) is 17.8 Å². The Labute approximate surface area is 198 Å². The summed E-state index contributed by atoms with van der Waals surface area (Å²) in [5.74, 6) is 2.02. The fourth-order valence-corrected chi connectivity index (χ4v) is 4.14. The third kappa shape index (κ3) is 5.84. The van der Waals surface area contributed by atoms with E-state index in [-0.39, 0.29) is 17.8 Å². The minimum absolute atomic E-state index is 0.0896. The van der Waals surface area contributed by atoms with Gasteiger partial charge in [0.25, 0.3) is 0 Å². The summed E-state index contributed by atoms with van der Waals surface area (Å²) >= 11 is 7.58. The molecular weight excluding hydrogens is 444 g/mol. The molecule has 0 aliphatic heterocycles. The van der Waals surface area contributed by atoms with Crippen LogP contribution in [0.15, 0.2) is 41.6 Å². The highest BCUT2D eigenvalue weighted by molar-refractivity contribution is 7.99. The second-order valence-corrected chi connectivity index (χ2v) is 9.46. The molecule has 3 aromatic rings. The number of carbonyl (C=O) groups excluding carboxylic acids is 1. The number of amides is 1. The zero-order chi connectivity index (χ0) is 23.4. The highest BCUT2D eigenvalue weighted by atomic mass is 35.5. The second-order valence-electron chi connectivity index (χ2n) is 8.14. The quantitative estimate of drug-likeness (QED) is 0.402. The molecule has 1 atom stereocenters. The maximum atomic E-state index is 12.4. The van der Waals surface area contributed by atoms with Gasteiger partial charge in [-0.05, 0) is 67.6 Å². The molecule has 1 heterocycles. The van der Waals surface area contributed by atoms with Gasteiger partial charge in [0.1, 0.15) is 5.75 Å². The van der Waals surface area contributed by atoms with Gasteiger partial charge in [-0.15, -0.1) is 10.2 Å². The summed E-state index contributed by atoms with van der Waals surface area (Å²) in [7, 11) is 1.87. The lowest BCUT2D eigenvalue weighted by Gasteiger charge is -2.16. The first-order chi connectivity index (χ1) is 15.2. The van der Waals surface area contributed by atoms with Crippen LogP contribution in [0.5, 0.6) is 5.75 Å². The predicted octanol–water partition coefficient (Wildman–Crippen LogP) is 6.08. The summed E-state index contributed by atoms with van der Waals surface area (Å²) in [5, 5.41) is 12.8. The Kier molecular flexibility index (Phi) is 7.85. The Hall–Kier alpha value is -2.51. The Bertz CT molecular complexity index is 1070. The van der Waals surface area contributed by atoms with Crippen molar-refractivity contribution in [1.82, 2.24) is 14.8 Å². The average Bonchev–Trinajstić information content (AvgIpc) is 3.11. The smallest absolute Gasteiger partial charge is 0.234 e. The number of carbonyl (C=O) groups is 1. The van der Waals surface area contributed by atoms with Gasteiger partial charge < -0.3 is 14.6 Å². The van der Waals surface area contributed by atoms with Crippen molar-refractivity contribution in [3.63, 3.8) is 0 Å². The number of anilines is 1. The molecule has 8 heteroatoms. The molecule has 0 radical (unpaired) electrons. The summed E-state index contributed by atoms with van der Waals surface area (Å²) < 4.78 is 7.93. The predicted molar refractivity (Wildman–Crippen MR) is 131 cm³/mol. The maximum absolute atomic E-state index is 12.4. The van der Waals surface area contributed by atoms with Gasteiger partial charge in [-0.3, -0.25) is 4.79 Å². The summed E-state index contributed by atoms with van der Waals surface area (Å²) in [6, 6.07) is 11.8. The zero-order valence-corrected chi connectivity index (χ0v) is 20.8. The fraction of sp³-hybridized carbons (Fsp3) is 0.375. The number of nitrogens with zero attached hydrogens (tertiary/aromatic N) is 3. The van der Waals surface area contributed by atoms with Gasteiger partial charge in [-0.25, -0.2) is 0 Å². The van der Waals surface area contributed by atoms with E-state index >= 15 is 0 Å². The van der Waals surface area contributed by atoms with Crippen molar-refractivity contribution >= 4 is 35.0 Å². The monoisotopic (exact) mass is 472 g/mol. The number of hydrogen-bond acceptors (Lipinski definition) is 5. The molecule has 0 spiro atoms. The Morgan fingerprint density at radius 2 is 1.75 bits per heavy atom. The molecule has 1 unspecified atom stereocenters. The molecule has 3 rings (SSSR count). The number of rotatable bonds is 8. The van der Waals surface area contributed by atoms with Crippen LogP contribution in [-0.2, 0) is 11.8 Å². The van der Waals surface area contributed by atoms with Crippen LogP contribution in [-0.4, -0.2) is 26.4 Å². The average molecular weight is 473 g/mol. The third-order valence-corrected chi connectivity index (χ3v) is 6.76. The topological polar surface area (TPSA) is 69.0 Å². The summed E-state index contributed by atoms with van der Waals surface area (Å²) in [6.45, 7) is 10.1. The number of thioether (sulfide) groups is 1. The first-order valence-electron chi connectivity index (χ1n) is 10.5. The van der Waals surface area contributed by atoms with Crippen molar-refractivity contribution in [2.75, 3.05) is 11.1 Å². The molecule has 0 fully saturated rings. The number of halogens is 1. The van der Waals surface area contributed by atoms with Crippen LogP contribution in [0.2, 0.25) is 5.02 Å². The van der Waals surface area contributed by atoms with Gasteiger partial charge in [-0.2, -0.15) is 0 Å². The van der Waals surface area contributed by atoms with Gasteiger partial charge >= 0.3 is 0 Å². The molecule has 0 aliphatic carbocycles. The number of hydrogen-bond donors (Lipinski definition) is 1. The molecule has 0 saturated carbocycles. The van der Waals surface area contributed by atoms with Crippen LogP contribution < -0.4 is 10.1 Å². The van der Waals surface area contributed by atoms with E-state index < -0.39 is 0 Å². The summed E-state index contributed by atoms with van der Waals surface area (Å²) in [4.78, 5) is 12.4. The minimum atomic E-state index is -0.310. The van der Waals surface area contributed by atoms with E-state index in [0.29, 0.717) is 16.9 Å². The van der Waals surface area contributed by atoms with Crippen molar-refractivity contribution in [2.24, 2.45) is 7.05 Å². The number of aryl methyl sites for hydroxylation is 2. The molecule has 0 saturated heterocycles. The molecule has 1 amide bonds. The SMILES string of the molecule is Cc1cc(OC(C)c2nnc(SCC(=O)Nc3ccc(C(C)C)cc3)n2C)cc(C)c1Cl. The van der Waals surface area contributed by atoms with E-state index in [9.17, 15) is 4.79 Å². The molecule has 2 aromatic carbocycles. The van der Waals surface area contributed by atoms with Crippen LogP contribution in [0.3, 0.4) is 0 Å². The molecule has 170 valence electrons. The van der Waals surface area contributed by atoms with Gasteiger partial charge in [-0.1, -0.05) is 49.3 Å². The van der Waals surface area contributed by atoms with E-state index in [1.54, 1.807) is 0 Å². The molecule has 0 bridgehead atoms. The number of aromatic nitrogens is 3. The van der Waals surface area contributed by atoms with Gasteiger partial charge in [0.2, 0.25) is 5.91 Å². The Balaban J connectivity index is 1.58. The maximum Gasteiger partial charge on any atom is 0.234 e. The van der Waals surface area contributed by atoms with Gasteiger partial charge in [0.15, 0.2) is 17.1 Å². The van der Waals surface area contributed by atoms with Crippen molar-refractivity contribution in [1.29, 1.82) is 0 Å². The van der Waals surface area contributed by atoms with Crippen molar-refractivity contribution < 1.29 is 9.53 Å². The molecular formula is C24H29ClN4O2S. The zero-order valence-electron chi connectivity index (χ0n) is 19.3. The Morgan fingerprint density at radius 1 is 1.12 bits per heavy atom. The van der Waals surface area contributed by atoms with Crippen molar-refractivity contribution in [3.05, 3.63) is 63.9 Å². The number of nitrogens with one attached hydrogen (secondary N) is 1. The first-order valence-corrected chi connectivity index (χ1v) is 11.9. The molecule has 1 aromatic heterocycles. The highest BCUT2D eigenvalue weighted by Crippen LogP contribution is 2.29. The molecule has 1 N–H and O–H groups in total. The summed E-state index contributed by atoms with van der Waals surface area (Å²) in [6.07, 6.45) is -0.310. The number of benzene rings is 2. The first kappa shape index (κ1) is 24.1. The lowest BCUT2D eigenvalue weighted by molar-refractivity contribution is -0.113. The molecule has 6 nitrogen and oxygen atoms in total. The van der Waals surface area contributed by atoms with Crippen LogP contribution in [0.25, 0.3) is 0 Å². The van der Waals surface area contributed by atoms with Gasteiger partial charge in [0.05, 0.1) is 5.75 Å². The van der Waals surface area contributed by atoms with Crippen LogP contribution in [0, 0.1) is 13.8 Å². The van der Waals surface area contributed by atoms with E-state index in [2.05, 4.69) is 29.4 Å². The summed E-state index contributed by atoms with van der Waals surface area (Å²) in [5.41, 5.74) is 3.96. The second kappa shape index (κ2) is 10.4. The standard InChI is InChI=1S/C24H29ClN4O2S/c1-14(2)18-7-9-19(10-8-18)26-21(30)13-32-24-28-27-23(29(24)6)17(5)31-20-11-15(3)22(25)16(4)12-20/h7-12,14,17H,13H2,1-6H3,(H,26,30). The van der Waals surface area contributed by atoms with E-state index in [1.807, 2.05) is 68.8 Å². The van der Waals surface area contributed by atoms with Crippen molar-refractivity contribution in [2.45, 2.75) is 51.8 Å². The highest BCUT2D eigenvalue weighted by Gasteiger charge is 2.19. The lowest BCUT2D eigenvalue weighted by Crippen LogP contribution is -2.15. The Morgan fingerprint density at radius 3 is 2.34 bits per heavy atom. The minimum Gasteiger partial charge on any atom is -0.483 e. The normalized spacial score (nSPS) is 12.1. The van der Waals surface area contributed by atoms with Crippen LogP contribution in [0.1, 0.15) is 55.3 Å². The lowest BCUT2D eigenvalue weighted by atomic mass is 10.0.